The van der Waals surface area contributed by atoms with Gasteiger partial charge in [0.2, 0.25) is 10.0 Å². The zero-order valence-corrected chi connectivity index (χ0v) is 13.7. The van der Waals surface area contributed by atoms with Gasteiger partial charge in [-0.05, 0) is 32.7 Å². The van der Waals surface area contributed by atoms with Gasteiger partial charge in [0.1, 0.15) is 0 Å². The molecule has 2 rings (SSSR count). The van der Waals surface area contributed by atoms with E-state index in [1.165, 1.54) is 12.8 Å². The summed E-state index contributed by atoms with van der Waals surface area (Å²) in [5.41, 5.74) is 0. The second kappa shape index (κ2) is 6.73. The van der Waals surface area contributed by atoms with Crippen molar-refractivity contribution in [3.05, 3.63) is 0 Å². The number of piperidine rings is 1. The van der Waals surface area contributed by atoms with Gasteiger partial charge in [-0.25, -0.2) is 13.1 Å². The fourth-order valence-corrected chi connectivity index (χ4v) is 4.47. The molecule has 2 fully saturated rings. The van der Waals surface area contributed by atoms with E-state index in [4.69, 9.17) is 0 Å². The van der Waals surface area contributed by atoms with Crippen LogP contribution in [-0.4, -0.2) is 56.3 Å². The predicted molar refractivity (Wildman–Crippen MR) is 82.3 cm³/mol. The van der Waals surface area contributed by atoms with Crippen LogP contribution in [0.4, 0.5) is 0 Å². The van der Waals surface area contributed by atoms with Crippen molar-refractivity contribution >= 4 is 10.0 Å². The van der Waals surface area contributed by atoms with Crippen LogP contribution in [0.5, 0.6) is 0 Å². The molecular formula is C14H29N3O2S. The number of sulfonamides is 1. The topological polar surface area (TPSA) is 61.4 Å². The zero-order valence-electron chi connectivity index (χ0n) is 12.9. The molecule has 20 heavy (non-hydrogen) atoms. The maximum atomic E-state index is 12.4. The predicted octanol–water partition coefficient (Wildman–Crippen LogP) is 0.919. The second-order valence-corrected chi connectivity index (χ2v) is 8.66. The van der Waals surface area contributed by atoms with Gasteiger partial charge in [0, 0.05) is 31.2 Å². The van der Waals surface area contributed by atoms with Crippen LogP contribution in [0.2, 0.25) is 0 Å². The van der Waals surface area contributed by atoms with Crippen molar-refractivity contribution in [2.45, 2.75) is 69.8 Å². The van der Waals surface area contributed by atoms with Gasteiger partial charge in [-0.2, -0.15) is 0 Å². The van der Waals surface area contributed by atoms with E-state index >= 15 is 0 Å². The summed E-state index contributed by atoms with van der Waals surface area (Å²) >= 11 is 0. The third-order valence-electron chi connectivity index (χ3n) is 4.51. The smallest absolute Gasteiger partial charge is 0.215 e. The van der Waals surface area contributed by atoms with Gasteiger partial charge >= 0.3 is 0 Å². The summed E-state index contributed by atoms with van der Waals surface area (Å²) in [6.07, 6.45) is 4.56. The third-order valence-corrected chi connectivity index (χ3v) is 6.37. The lowest BCUT2D eigenvalue weighted by Crippen LogP contribution is -2.50. The van der Waals surface area contributed by atoms with Crippen LogP contribution in [0.25, 0.3) is 0 Å². The summed E-state index contributed by atoms with van der Waals surface area (Å²) in [7, 11) is -3.23. The molecule has 0 bridgehead atoms. The molecule has 2 heterocycles. The minimum Gasteiger partial charge on any atom is -0.313 e. The molecule has 0 amide bonds. The van der Waals surface area contributed by atoms with Crippen molar-refractivity contribution in [3.63, 3.8) is 0 Å². The van der Waals surface area contributed by atoms with Crippen LogP contribution in [0.15, 0.2) is 0 Å². The summed E-state index contributed by atoms with van der Waals surface area (Å²) in [4.78, 5) is 2.45. The minimum atomic E-state index is -3.23. The first-order chi connectivity index (χ1) is 9.40. The highest BCUT2D eigenvalue weighted by Gasteiger charge is 2.38. The SMILES string of the molecule is CC(C)NCC(C)S(=O)(=O)NC1CCN2CCCCC12. The highest BCUT2D eigenvalue weighted by molar-refractivity contribution is 7.90. The Balaban J connectivity index is 1.91. The van der Waals surface area contributed by atoms with E-state index in [0.717, 1.165) is 25.9 Å². The fourth-order valence-electron chi connectivity index (χ4n) is 3.22. The largest absolute Gasteiger partial charge is 0.313 e. The van der Waals surface area contributed by atoms with Crippen molar-refractivity contribution < 1.29 is 8.42 Å². The molecule has 2 saturated heterocycles. The number of nitrogens with one attached hydrogen (secondary N) is 2. The van der Waals surface area contributed by atoms with E-state index in [2.05, 4.69) is 14.9 Å². The zero-order chi connectivity index (χ0) is 14.8. The number of fused-ring (bicyclic) bond motifs is 1. The molecule has 0 aromatic heterocycles. The van der Waals surface area contributed by atoms with E-state index in [1.54, 1.807) is 6.92 Å². The summed E-state index contributed by atoms with van der Waals surface area (Å²) in [6.45, 7) is 8.52. The highest BCUT2D eigenvalue weighted by Crippen LogP contribution is 2.27. The normalized spacial score (nSPS) is 29.6. The summed E-state index contributed by atoms with van der Waals surface area (Å²) in [5.74, 6) is 0. The summed E-state index contributed by atoms with van der Waals surface area (Å²) in [5, 5.41) is 2.82. The fraction of sp³-hybridized carbons (Fsp3) is 1.00. The molecule has 0 spiro atoms. The van der Waals surface area contributed by atoms with Crippen LogP contribution in [0, 0.1) is 0 Å². The molecule has 118 valence electrons. The van der Waals surface area contributed by atoms with E-state index in [9.17, 15) is 8.42 Å². The maximum absolute atomic E-state index is 12.4. The van der Waals surface area contributed by atoms with Crippen LogP contribution in [0.3, 0.4) is 0 Å². The van der Waals surface area contributed by atoms with E-state index in [1.807, 2.05) is 13.8 Å². The average Bonchev–Trinajstić information content (AvgIpc) is 2.79. The molecule has 5 nitrogen and oxygen atoms in total. The number of rotatable bonds is 6. The Labute approximate surface area is 123 Å². The van der Waals surface area contributed by atoms with Gasteiger partial charge in [-0.15, -0.1) is 0 Å². The molecule has 3 unspecified atom stereocenters. The van der Waals surface area contributed by atoms with Gasteiger partial charge in [0.25, 0.3) is 0 Å². The molecule has 0 saturated carbocycles. The molecule has 2 N–H and O–H groups in total. The number of nitrogens with zero attached hydrogens (tertiary/aromatic N) is 1. The average molecular weight is 303 g/mol. The molecule has 0 radical (unpaired) electrons. The Bertz CT molecular complexity index is 411. The Morgan fingerprint density at radius 3 is 2.60 bits per heavy atom. The first kappa shape index (κ1) is 16.2. The molecule has 6 heteroatoms. The van der Waals surface area contributed by atoms with Gasteiger partial charge in [-0.1, -0.05) is 20.3 Å². The molecular weight excluding hydrogens is 274 g/mol. The highest BCUT2D eigenvalue weighted by atomic mass is 32.2. The van der Waals surface area contributed by atoms with Crippen molar-refractivity contribution in [2.24, 2.45) is 0 Å². The Hall–Kier alpha value is -0.170. The van der Waals surface area contributed by atoms with Crippen LogP contribution < -0.4 is 10.0 Å². The standard InChI is InChI=1S/C14H29N3O2S/c1-11(2)15-10-12(3)20(18,19)16-13-7-9-17-8-5-4-6-14(13)17/h11-16H,4-10H2,1-3H3. The van der Waals surface area contributed by atoms with E-state index in [-0.39, 0.29) is 11.3 Å². The van der Waals surface area contributed by atoms with E-state index < -0.39 is 10.0 Å². The van der Waals surface area contributed by atoms with Crippen LogP contribution >= 0.6 is 0 Å². The summed E-state index contributed by atoms with van der Waals surface area (Å²) < 4.78 is 27.8. The molecule has 0 aromatic rings. The molecule has 2 aliphatic rings. The van der Waals surface area contributed by atoms with Crippen molar-refractivity contribution in [3.8, 4) is 0 Å². The maximum Gasteiger partial charge on any atom is 0.215 e. The van der Waals surface area contributed by atoms with Gasteiger partial charge in [0.05, 0.1) is 5.25 Å². The molecule has 0 aromatic carbocycles. The van der Waals surface area contributed by atoms with Crippen molar-refractivity contribution in [1.82, 2.24) is 14.9 Å². The van der Waals surface area contributed by atoms with Gasteiger partial charge in [0.15, 0.2) is 0 Å². The molecule has 2 aliphatic heterocycles. The summed E-state index contributed by atoms with van der Waals surface area (Å²) in [6, 6.07) is 0.846. The molecule has 3 atom stereocenters. The van der Waals surface area contributed by atoms with Gasteiger partial charge < -0.3 is 5.32 Å². The second-order valence-electron chi connectivity index (χ2n) is 6.53. The monoisotopic (exact) mass is 303 g/mol. The lowest BCUT2D eigenvalue weighted by molar-refractivity contribution is 0.186. The van der Waals surface area contributed by atoms with Crippen molar-refractivity contribution in [1.29, 1.82) is 0 Å². The lowest BCUT2D eigenvalue weighted by Gasteiger charge is -2.33. The number of hydrogen-bond acceptors (Lipinski definition) is 4. The van der Waals surface area contributed by atoms with E-state index in [0.29, 0.717) is 18.6 Å². The third kappa shape index (κ3) is 3.93. The first-order valence-corrected chi connectivity index (χ1v) is 9.43. The lowest BCUT2D eigenvalue weighted by atomic mass is 10.00. The Morgan fingerprint density at radius 1 is 1.15 bits per heavy atom. The van der Waals surface area contributed by atoms with Crippen LogP contribution in [-0.2, 0) is 10.0 Å². The first-order valence-electron chi connectivity index (χ1n) is 7.88. The van der Waals surface area contributed by atoms with Crippen LogP contribution in [0.1, 0.15) is 46.5 Å². The number of hydrogen-bond donors (Lipinski definition) is 2. The Morgan fingerprint density at radius 2 is 1.90 bits per heavy atom. The quantitative estimate of drug-likeness (QED) is 0.766. The minimum absolute atomic E-state index is 0.113. The van der Waals surface area contributed by atoms with Crippen molar-refractivity contribution in [2.75, 3.05) is 19.6 Å². The van der Waals surface area contributed by atoms with Gasteiger partial charge in [-0.3, -0.25) is 4.90 Å². The Kier molecular flexibility index (Phi) is 5.45. The molecule has 0 aliphatic carbocycles.